The maximum Gasteiger partial charge on any atom is 0.461 e. The molecule has 0 unspecified atom stereocenters. The zero-order valence-corrected chi connectivity index (χ0v) is 18.6. The molecule has 3 aromatic rings. The Hall–Kier alpha value is -4.13. The summed E-state index contributed by atoms with van der Waals surface area (Å²) in [6, 6.07) is 14.9. The Morgan fingerprint density at radius 1 is 0.944 bits per heavy atom. The minimum atomic E-state index is -4.90. The smallest absolute Gasteiger partial charge is 0.428 e. The second-order valence-electron chi connectivity index (χ2n) is 7.73. The van der Waals surface area contributed by atoms with Crippen LogP contribution < -0.4 is 15.4 Å². The maximum absolute atomic E-state index is 14.7. The topological polar surface area (TPSA) is 50.4 Å². The lowest BCUT2D eigenvalue weighted by molar-refractivity contribution is -0.253. The monoisotopic (exact) mass is 506 g/mol. The molecular weight excluding hydrogens is 486 g/mol. The Kier molecular flexibility index (Phi) is 8.14. The van der Waals surface area contributed by atoms with Crippen LogP contribution in [0.2, 0.25) is 0 Å². The standard InChI is InChI=1S/C26H20F6N2O2/c1-2-12-33-24(35)34-25(16-17-6-4-3-5-7-17,18-8-10-20(27)11-9-18)19-13-21(28)15-22(14-19)36-26(31,32)23(29)30/h1,3-11,13-15,23H,12,16H2,(H2,33,34,35)/t25-/m1/s1. The van der Waals surface area contributed by atoms with E-state index >= 15 is 0 Å². The SMILES string of the molecule is C#CCNC(=O)N[C@](Cc1ccccc1)(c1ccc(F)cc1)c1cc(F)cc(OC(F)(F)C(F)F)c1. The first kappa shape index (κ1) is 26.5. The van der Waals surface area contributed by atoms with Gasteiger partial charge in [0.25, 0.3) is 0 Å². The van der Waals surface area contributed by atoms with Crippen LogP contribution >= 0.6 is 0 Å². The molecule has 1 atom stereocenters. The number of carbonyl (C=O) groups is 1. The molecule has 0 aliphatic carbocycles. The number of urea groups is 1. The highest BCUT2D eigenvalue weighted by Crippen LogP contribution is 2.37. The minimum absolute atomic E-state index is 0.0723. The summed E-state index contributed by atoms with van der Waals surface area (Å²) in [6.45, 7) is -0.172. The van der Waals surface area contributed by atoms with Gasteiger partial charge in [0.15, 0.2) is 0 Å². The number of amides is 2. The van der Waals surface area contributed by atoms with Gasteiger partial charge in [-0.25, -0.2) is 13.6 Å². The van der Waals surface area contributed by atoms with Gasteiger partial charge in [0.05, 0.1) is 12.1 Å². The summed E-state index contributed by atoms with van der Waals surface area (Å²) in [5.74, 6) is -0.389. The van der Waals surface area contributed by atoms with E-state index in [-0.39, 0.29) is 24.1 Å². The van der Waals surface area contributed by atoms with Crippen molar-refractivity contribution in [2.45, 2.75) is 24.5 Å². The number of benzene rings is 3. The lowest BCUT2D eigenvalue weighted by Gasteiger charge is -2.37. The van der Waals surface area contributed by atoms with Gasteiger partial charge in [0.1, 0.15) is 17.4 Å². The van der Waals surface area contributed by atoms with Gasteiger partial charge in [-0.2, -0.15) is 17.6 Å². The second-order valence-corrected chi connectivity index (χ2v) is 7.73. The van der Waals surface area contributed by atoms with Crippen molar-refractivity contribution in [1.29, 1.82) is 0 Å². The normalized spacial score (nSPS) is 12.9. The predicted molar refractivity (Wildman–Crippen MR) is 121 cm³/mol. The second kappa shape index (κ2) is 11.1. The van der Waals surface area contributed by atoms with Gasteiger partial charge in [0.2, 0.25) is 0 Å². The van der Waals surface area contributed by atoms with Crippen molar-refractivity contribution in [3.8, 4) is 18.1 Å². The summed E-state index contributed by atoms with van der Waals surface area (Å²) in [5, 5.41) is 5.08. The van der Waals surface area contributed by atoms with Gasteiger partial charge in [-0.3, -0.25) is 0 Å². The van der Waals surface area contributed by atoms with E-state index in [4.69, 9.17) is 6.42 Å². The fourth-order valence-corrected chi connectivity index (χ4v) is 3.63. The molecule has 0 saturated carbocycles. The highest BCUT2D eigenvalue weighted by molar-refractivity contribution is 5.76. The van der Waals surface area contributed by atoms with Crippen molar-refractivity contribution in [3.05, 3.63) is 101 Å². The molecule has 0 aliphatic rings. The average Bonchev–Trinajstić information content (AvgIpc) is 2.82. The first-order valence-corrected chi connectivity index (χ1v) is 10.5. The number of nitrogens with one attached hydrogen (secondary N) is 2. The third-order valence-corrected chi connectivity index (χ3v) is 5.20. The highest BCUT2D eigenvalue weighted by atomic mass is 19.3. The molecule has 4 nitrogen and oxygen atoms in total. The number of alkyl halides is 4. The van der Waals surface area contributed by atoms with E-state index in [9.17, 15) is 31.1 Å². The number of rotatable bonds is 9. The van der Waals surface area contributed by atoms with Crippen LogP contribution in [0.1, 0.15) is 16.7 Å². The van der Waals surface area contributed by atoms with Crippen molar-refractivity contribution in [3.63, 3.8) is 0 Å². The summed E-state index contributed by atoms with van der Waals surface area (Å²) in [6.07, 6.45) is -3.96. The van der Waals surface area contributed by atoms with Crippen molar-refractivity contribution < 1.29 is 35.9 Å². The lowest BCUT2D eigenvalue weighted by atomic mass is 9.77. The Morgan fingerprint density at radius 2 is 1.61 bits per heavy atom. The van der Waals surface area contributed by atoms with Gasteiger partial charge in [-0.05, 0) is 41.0 Å². The molecule has 0 bridgehead atoms. The molecule has 0 heterocycles. The Labute approximate surface area is 203 Å². The highest BCUT2D eigenvalue weighted by Gasteiger charge is 2.45. The van der Waals surface area contributed by atoms with Gasteiger partial charge in [-0.15, -0.1) is 6.42 Å². The molecule has 10 heteroatoms. The molecule has 0 radical (unpaired) electrons. The Bertz CT molecular complexity index is 1230. The summed E-state index contributed by atoms with van der Waals surface area (Å²) in [5.41, 5.74) is -0.980. The van der Waals surface area contributed by atoms with Crippen LogP contribution in [0.5, 0.6) is 5.75 Å². The third kappa shape index (κ3) is 6.30. The van der Waals surface area contributed by atoms with E-state index in [2.05, 4.69) is 21.3 Å². The first-order valence-electron chi connectivity index (χ1n) is 10.5. The van der Waals surface area contributed by atoms with Crippen LogP contribution in [0, 0.1) is 24.0 Å². The summed E-state index contributed by atoms with van der Waals surface area (Å²) < 4.78 is 85.2. The van der Waals surface area contributed by atoms with Crippen LogP contribution in [0.15, 0.2) is 72.8 Å². The summed E-state index contributed by atoms with van der Waals surface area (Å²) in [4.78, 5) is 12.8. The Morgan fingerprint density at radius 3 is 2.22 bits per heavy atom. The van der Waals surface area contributed by atoms with Crippen molar-refractivity contribution in [1.82, 2.24) is 10.6 Å². The molecule has 36 heavy (non-hydrogen) atoms. The van der Waals surface area contributed by atoms with E-state index in [1.54, 1.807) is 30.3 Å². The van der Waals surface area contributed by atoms with Crippen LogP contribution in [0.3, 0.4) is 0 Å². The maximum atomic E-state index is 14.7. The summed E-state index contributed by atoms with van der Waals surface area (Å²) in [7, 11) is 0. The number of halogens is 6. The van der Waals surface area contributed by atoms with Gasteiger partial charge < -0.3 is 15.4 Å². The molecule has 0 saturated heterocycles. The zero-order valence-electron chi connectivity index (χ0n) is 18.6. The molecule has 3 aromatic carbocycles. The van der Waals surface area contributed by atoms with Crippen LogP contribution in [-0.2, 0) is 12.0 Å². The molecule has 0 aliphatic heterocycles. The van der Waals surface area contributed by atoms with Crippen LogP contribution in [0.4, 0.5) is 31.1 Å². The zero-order chi connectivity index (χ0) is 26.3. The lowest BCUT2D eigenvalue weighted by Crippen LogP contribution is -2.52. The molecule has 0 spiro atoms. The van der Waals surface area contributed by atoms with Crippen molar-refractivity contribution in [2.75, 3.05) is 6.54 Å². The molecule has 2 amide bonds. The van der Waals surface area contributed by atoms with Gasteiger partial charge in [0, 0.05) is 12.5 Å². The van der Waals surface area contributed by atoms with Crippen LogP contribution in [-0.4, -0.2) is 25.1 Å². The predicted octanol–water partition coefficient (Wildman–Crippen LogP) is 5.62. The number of hydrogen-bond donors (Lipinski definition) is 2. The van der Waals surface area contributed by atoms with E-state index in [0.29, 0.717) is 11.6 Å². The largest absolute Gasteiger partial charge is 0.461 e. The molecule has 188 valence electrons. The molecule has 2 N–H and O–H groups in total. The number of terminal acetylenes is 1. The number of ether oxygens (including phenoxy) is 1. The van der Waals surface area contributed by atoms with Gasteiger partial charge >= 0.3 is 18.6 Å². The van der Waals surface area contributed by atoms with Gasteiger partial charge in [-0.1, -0.05) is 48.4 Å². The molecule has 3 rings (SSSR count). The van der Waals surface area contributed by atoms with E-state index < -0.39 is 41.5 Å². The summed E-state index contributed by atoms with van der Waals surface area (Å²) >= 11 is 0. The average molecular weight is 506 g/mol. The molecule has 0 fully saturated rings. The van der Waals surface area contributed by atoms with E-state index in [1.807, 2.05) is 0 Å². The fraction of sp³-hybridized carbons (Fsp3) is 0.192. The number of hydrogen-bond acceptors (Lipinski definition) is 2. The molecule has 0 aromatic heterocycles. The van der Waals surface area contributed by atoms with E-state index in [1.165, 1.54) is 12.1 Å². The minimum Gasteiger partial charge on any atom is -0.428 e. The quantitative estimate of drug-likeness (QED) is 0.293. The first-order chi connectivity index (χ1) is 17.1. The van der Waals surface area contributed by atoms with Crippen molar-refractivity contribution in [2.24, 2.45) is 0 Å². The molecular formula is C26H20F6N2O2. The third-order valence-electron chi connectivity index (χ3n) is 5.20. The Balaban J connectivity index is 2.24. The van der Waals surface area contributed by atoms with E-state index in [0.717, 1.165) is 24.3 Å². The number of carbonyl (C=O) groups excluding carboxylic acids is 1. The van der Waals surface area contributed by atoms with Crippen molar-refractivity contribution >= 4 is 6.03 Å². The van der Waals surface area contributed by atoms with Crippen LogP contribution in [0.25, 0.3) is 0 Å². The fourth-order valence-electron chi connectivity index (χ4n) is 3.63.